The summed E-state index contributed by atoms with van der Waals surface area (Å²) in [6.45, 7) is 3.12. The molecule has 2 heterocycles. The SMILES string of the molecule is CCN1C(=O)OC[C@@H]1Cc1cnc[nH]1. The highest BCUT2D eigenvalue weighted by Crippen LogP contribution is 2.15. The van der Waals surface area contributed by atoms with Crippen molar-refractivity contribution in [2.45, 2.75) is 19.4 Å². The van der Waals surface area contributed by atoms with Gasteiger partial charge in [0.1, 0.15) is 6.61 Å². The van der Waals surface area contributed by atoms with Crippen LogP contribution in [-0.2, 0) is 11.2 Å². The van der Waals surface area contributed by atoms with Gasteiger partial charge in [-0.15, -0.1) is 0 Å². The molecule has 1 fully saturated rings. The second-order valence-electron chi connectivity index (χ2n) is 3.30. The number of aromatic amines is 1. The van der Waals surface area contributed by atoms with Crippen LogP contribution in [0.5, 0.6) is 0 Å². The van der Waals surface area contributed by atoms with Crippen molar-refractivity contribution < 1.29 is 9.53 Å². The zero-order valence-electron chi connectivity index (χ0n) is 8.06. The Morgan fingerprint density at radius 3 is 3.29 bits per heavy atom. The monoisotopic (exact) mass is 195 g/mol. The highest BCUT2D eigenvalue weighted by molar-refractivity contribution is 5.70. The third-order valence-electron chi connectivity index (χ3n) is 2.43. The average Bonchev–Trinajstić information content (AvgIpc) is 2.77. The van der Waals surface area contributed by atoms with Crippen molar-refractivity contribution in [1.29, 1.82) is 0 Å². The Morgan fingerprint density at radius 2 is 2.64 bits per heavy atom. The number of nitrogens with one attached hydrogen (secondary N) is 1. The van der Waals surface area contributed by atoms with E-state index >= 15 is 0 Å². The van der Waals surface area contributed by atoms with Crippen molar-refractivity contribution in [1.82, 2.24) is 14.9 Å². The molecular formula is C9H13N3O2. The van der Waals surface area contributed by atoms with Crippen LogP contribution in [0, 0.1) is 0 Å². The number of cyclic esters (lactones) is 1. The number of likely N-dealkylation sites (N-methyl/N-ethyl adjacent to an activating group) is 1. The molecule has 1 saturated heterocycles. The molecule has 14 heavy (non-hydrogen) atoms. The second kappa shape index (κ2) is 3.69. The van der Waals surface area contributed by atoms with Crippen LogP contribution >= 0.6 is 0 Å². The lowest BCUT2D eigenvalue weighted by atomic mass is 10.1. The molecule has 0 bridgehead atoms. The summed E-state index contributed by atoms with van der Waals surface area (Å²) in [6.07, 6.45) is 3.98. The van der Waals surface area contributed by atoms with E-state index in [1.54, 1.807) is 17.4 Å². The Balaban J connectivity index is 2.01. The van der Waals surface area contributed by atoms with Crippen LogP contribution in [0.15, 0.2) is 12.5 Å². The summed E-state index contributed by atoms with van der Waals surface area (Å²) in [7, 11) is 0. The summed E-state index contributed by atoms with van der Waals surface area (Å²) in [5.74, 6) is 0. The van der Waals surface area contributed by atoms with Gasteiger partial charge in [0, 0.05) is 24.9 Å². The van der Waals surface area contributed by atoms with Gasteiger partial charge in [-0.2, -0.15) is 0 Å². The Bertz CT molecular complexity index is 310. The van der Waals surface area contributed by atoms with Crippen LogP contribution in [0.1, 0.15) is 12.6 Å². The summed E-state index contributed by atoms with van der Waals surface area (Å²) < 4.78 is 4.97. The first-order valence-corrected chi connectivity index (χ1v) is 4.72. The topological polar surface area (TPSA) is 58.2 Å². The molecule has 5 nitrogen and oxygen atoms in total. The molecule has 5 heteroatoms. The maximum Gasteiger partial charge on any atom is 0.410 e. The average molecular weight is 195 g/mol. The molecule has 0 aromatic carbocycles. The van der Waals surface area contributed by atoms with E-state index < -0.39 is 0 Å². The summed E-state index contributed by atoms with van der Waals surface area (Å²) in [5.41, 5.74) is 1.03. The number of aromatic nitrogens is 2. The zero-order chi connectivity index (χ0) is 9.97. The van der Waals surface area contributed by atoms with Crippen LogP contribution in [0.2, 0.25) is 0 Å². The first kappa shape index (κ1) is 9.05. The first-order chi connectivity index (χ1) is 6.81. The molecule has 1 atom stereocenters. The zero-order valence-corrected chi connectivity index (χ0v) is 8.06. The normalized spacial score (nSPS) is 21.4. The molecule has 0 spiro atoms. The van der Waals surface area contributed by atoms with E-state index in [2.05, 4.69) is 9.97 Å². The van der Waals surface area contributed by atoms with E-state index in [0.29, 0.717) is 13.2 Å². The van der Waals surface area contributed by atoms with Gasteiger partial charge in [0.15, 0.2) is 0 Å². The van der Waals surface area contributed by atoms with E-state index in [1.807, 2.05) is 6.92 Å². The van der Waals surface area contributed by atoms with Crippen molar-refractivity contribution in [3.05, 3.63) is 18.2 Å². The van der Waals surface area contributed by atoms with Crippen LogP contribution in [-0.4, -0.2) is 40.2 Å². The number of H-pyrrole nitrogens is 1. The number of carbonyl (C=O) groups is 1. The number of rotatable bonds is 3. The van der Waals surface area contributed by atoms with Gasteiger partial charge in [-0.05, 0) is 6.92 Å². The molecule has 2 rings (SSSR count). The number of amides is 1. The van der Waals surface area contributed by atoms with Gasteiger partial charge in [-0.1, -0.05) is 0 Å². The lowest BCUT2D eigenvalue weighted by Gasteiger charge is -2.18. The van der Waals surface area contributed by atoms with Gasteiger partial charge < -0.3 is 14.6 Å². The third-order valence-corrected chi connectivity index (χ3v) is 2.43. The lowest BCUT2D eigenvalue weighted by molar-refractivity contribution is 0.159. The number of hydrogen-bond donors (Lipinski definition) is 1. The molecule has 1 amide bonds. The molecule has 0 saturated carbocycles. The molecule has 1 N–H and O–H groups in total. The van der Waals surface area contributed by atoms with Crippen molar-refractivity contribution in [2.75, 3.05) is 13.2 Å². The molecule has 0 radical (unpaired) electrons. The van der Waals surface area contributed by atoms with Crippen LogP contribution in [0.25, 0.3) is 0 Å². The number of ether oxygens (including phenoxy) is 1. The van der Waals surface area contributed by atoms with Crippen molar-refractivity contribution >= 4 is 6.09 Å². The maximum absolute atomic E-state index is 11.2. The lowest BCUT2D eigenvalue weighted by Crippen LogP contribution is -2.34. The van der Waals surface area contributed by atoms with Gasteiger partial charge >= 0.3 is 6.09 Å². The third kappa shape index (κ3) is 1.57. The van der Waals surface area contributed by atoms with Crippen molar-refractivity contribution in [3.63, 3.8) is 0 Å². The minimum atomic E-state index is -0.211. The molecule has 76 valence electrons. The van der Waals surface area contributed by atoms with E-state index in [1.165, 1.54) is 0 Å². The first-order valence-electron chi connectivity index (χ1n) is 4.72. The predicted molar refractivity (Wildman–Crippen MR) is 49.8 cm³/mol. The standard InChI is InChI=1S/C9H13N3O2/c1-2-12-8(5-14-9(12)13)3-7-4-10-6-11-7/h4,6,8H,2-3,5H2,1H3,(H,10,11)/t8-/m0/s1. The van der Waals surface area contributed by atoms with Crippen molar-refractivity contribution in [3.8, 4) is 0 Å². The summed E-state index contributed by atoms with van der Waals surface area (Å²) in [5, 5.41) is 0. The molecular weight excluding hydrogens is 182 g/mol. The molecule has 1 aliphatic heterocycles. The van der Waals surface area contributed by atoms with Gasteiger partial charge in [0.05, 0.1) is 12.4 Å². The largest absolute Gasteiger partial charge is 0.447 e. The minimum Gasteiger partial charge on any atom is -0.447 e. The summed E-state index contributed by atoms with van der Waals surface area (Å²) in [6, 6.07) is 0.146. The Hall–Kier alpha value is -1.52. The minimum absolute atomic E-state index is 0.146. The number of hydrogen-bond acceptors (Lipinski definition) is 3. The maximum atomic E-state index is 11.2. The van der Waals surface area contributed by atoms with Crippen LogP contribution in [0.3, 0.4) is 0 Å². The predicted octanol–water partition coefficient (Wildman–Crippen LogP) is 0.793. The Morgan fingerprint density at radius 1 is 1.79 bits per heavy atom. The molecule has 0 aliphatic carbocycles. The second-order valence-corrected chi connectivity index (χ2v) is 3.30. The van der Waals surface area contributed by atoms with Gasteiger partial charge in [0.25, 0.3) is 0 Å². The van der Waals surface area contributed by atoms with Crippen molar-refractivity contribution in [2.24, 2.45) is 0 Å². The molecule has 1 aromatic rings. The van der Waals surface area contributed by atoms with Gasteiger partial charge in [0.2, 0.25) is 0 Å². The summed E-state index contributed by atoms with van der Waals surface area (Å²) >= 11 is 0. The quantitative estimate of drug-likeness (QED) is 0.775. The fourth-order valence-electron chi connectivity index (χ4n) is 1.70. The number of carbonyl (C=O) groups excluding carboxylic acids is 1. The Kier molecular flexibility index (Phi) is 2.39. The van der Waals surface area contributed by atoms with Gasteiger partial charge in [-0.25, -0.2) is 9.78 Å². The van der Waals surface area contributed by atoms with E-state index in [0.717, 1.165) is 12.1 Å². The summed E-state index contributed by atoms with van der Waals surface area (Å²) in [4.78, 5) is 19.9. The smallest absolute Gasteiger partial charge is 0.410 e. The molecule has 1 aromatic heterocycles. The number of imidazole rings is 1. The Labute approximate surface area is 82.1 Å². The van der Waals surface area contributed by atoms with Gasteiger partial charge in [-0.3, -0.25) is 0 Å². The molecule has 0 unspecified atom stereocenters. The highest BCUT2D eigenvalue weighted by Gasteiger charge is 2.31. The van der Waals surface area contributed by atoms with Crippen LogP contribution < -0.4 is 0 Å². The fourth-order valence-corrected chi connectivity index (χ4v) is 1.70. The number of nitrogens with zero attached hydrogens (tertiary/aromatic N) is 2. The van der Waals surface area contributed by atoms with E-state index in [9.17, 15) is 4.79 Å². The van der Waals surface area contributed by atoms with E-state index in [4.69, 9.17) is 4.74 Å². The van der Waals surface area contributed by atoms with Crippen LogP contribution in [0.4, 0.5) is 4.79 Å². The fraction of sp³-hybridized carbons (Fsp3) is 0.556. The van der Waals surface area contributed by atoms with E-state index in [-0.39, 0.29) is 12.1 Å². The molecule has 1 aliphatic rings. The highest BCUT2D eigenvalue weighted by atomic mass is 16.6.